The lowest BCUT2D eigenvalue weighted by Crippen LogP contribution is -2.29. The van der Waals surface area contributed by atoms with Crippen LogP contribution in [0.1, 0.15) is 28.3 Å². The number of nitrogens with one attached hydrogen (secondary N) is 1. The van der Waals surface area contributed by atoms with Gasteiger partial charge in [0.1, 0.15) is 5.69 Å². The number of hydrogen-bond acceptors (Lipinski definition) is 4. The van der Waals surface area contributed by atoms with E-state index >= 15 is 0 Å². The highest BCUT2D eigenvalue weighted by Gasteiger charge is 2.18. The van der Waals surface area contributed by atoms with Crippen molar-refractivity contribution >= 4 is 17.2 Å². The first-order valence-electron chi connectivity index (χ1n) is 9.11. The standard InChI is InChI=1S/C22H20N4OS/c1-16(22-23-12-13-28-22)15-24-21(27)20-14-19(17-8-4-2-5-9-17)25-26(20)18-10-6-3-7-11-18/h2-14,16H,15H2,1H3,(H,24,27). The highest BCUT2D eigenvalue weighted by molar-refractivity contribution is 7.09. The molecule has 140 valence electrons. The van der Waals surface area contributed by atoms with Gasteiger partial charge in [0.15, 0.2) is 0 Å². The van der Waals surface area contributed by atoms with Crippen molar-refractivity contribution in [3.8, 4) is 16.9 Å². The van der Waals surface area contributed by atoms with E-state index in [-0.39, 0.29) is 11.8 Å². The second kappa shape index (κ2) is 8.19. The number of benzene rings is 2. The van der Waals surface area contributed by atoms with Crippen LogP contribution in [-0.4, -0.2) is 27.2 Å². The SMILES string of the molecule is CC(CNC(=O)c1cc(-c2ccccc2)nn1-c1ccccc1)c1nccs1. The molecule has 1 amide bonds. The first kappa shape index (κ1) is 18.1. The smallest absolute Gasteiger partial charge is 0.270 e. The number of aromatic nitrogens is 3. The molecule has 28 heavy (non-hydrogen) atoms. The van der Waals surface area contributed by atoms with Gasteiger partial charge in [-0.2, -0.15) is 5.10 Å². The summed E-state index contributed by atoms with van der Waals surface area (Å²) in [6.07, 6.45) is 1.79. The lowest BCUT2D eigenvalue weighted by atomic mass is 10.1. The predicted molar refractivity (Wildman–Crippen MR) is 112 cm³/mol. The van der Waals surface area contributed by atoms with Gasteiger partial charge >= 0.3 is 0 Å². The molecule has 5 nitrogen and oxygen atoms in total. The van der Waals surface area contributed by atoms with Gasteiger partial charge in [0, 0.05) is 29.6 Å². The number of carbonyl (C=O) groups is 1. The normalized spacial score (nSPS) is 11.9. The van der Waals surface area contributed by atoms with E-state index < -0.39 is 0 Å². The van der Waals surface area contributed by atoms with Crippen molar-refractivity contribution in [2.75, 3.05) is 6.54 Å². The quantitative estimate of drug-likeness (QED) is 0.528. The van der Waals surface area contributed by atoms with Gasteiger partial charge in [-0.05, 0) is 18.2 Å². The van der Waals surface area contributed by atoms with Gasteiger partial charge in [0.05, 0.1) is 16.4 Å². The number of hydrogen-bond donors (Lipinski definition) is 1. The van der Waals surface area contributed by atoms with Crippen LogP contribution in [0, 0.1) is 0 Å². The van der Waals surface area contributed by atoms with Crippen LogP contribution >= 0.6 is 11.3 Å². The summed E-state index contributed by atoms with van der Waals surface area (Å²) in [4.78, 5) is 17.3. The van der Waals surface area contributed by atoms with Crippen LogP contribution in [-0.2, 0) is 0 Å². The van der Waals surface area contributed by atoms with Crippen LogP contribution in [0.5, 0.6) is 0 Å². The second-order valence-corrected chi connectivity index (χ2v) is 7.44. The molecule has 0 aliphatic heterocycles. The van der Waals surface area contributed by atoms with Crippen LogP contribution in [0.4, 0.5) is 0 Å². The molecule has 0 aliphatic carbocycles. The topological polar surface area (TPSA) is 59.8 Å². The van der Waals surface area contributed by atoms with Crippen molar-refractivity contribution in [2.45, 2.75) is 12.8 Å². The average molecular weight is 388 g/mol. The van der Waals surface area contributed by atoms with Gasteiger partial charge in [0.2, 0.25) is 0 Å². The van der Waals surface area contributed by atoms with E-state index in [1.807, 2.05) is 72.1 Å². The zero-order chi connectivity index (χ0) is 19.3. The molecule has 0 spiro atoms. The lowest BCUT2D eigenvalue weighted by Gasteiger charge is -2.11. The fourth-order valence-electron chi connectivity index (χ4n) is 2.96. The Labute approximate surface area is 167 Å². The molecule has 1 atom stereocenters. The fourth-order valence-corrected chi connectivity index (χ4v) is 3.66. The van der Waals surface area contributed by atoms with Crippen LogP contribution in [0.25, 0.3) is 16.9 Å². The van der Waals surface area contributed by atoms with E-state index in [0.29, 0.717) is 12.2 Å². The Bertz CT molecular complexity index is 1040. The van der Waals surface area contributed by atoms with Crippen molar-refractivity contribution in [3.63, 3.8) is 0 Å². The summed E-state index contributed by atoms with van der Waals surface area (Å²) < 4.78 is 1.70. The van der Waals surface area contributed by atoms with Gasteiger partial charge in [-0.15, -0.1) is 11.3 Å². The Kier molecular flexibility index (Phi) is 5.30. The molecule has 0 fully saturated rings. The molecule has 4 rings (SSSR count). The van der Waals surface area contributed by atoms with E-state index in [2.05, 4.69) is 17.2 Å². The third kappa shape index (κ3) is 3.87. The summed E-state index contributed by atoms with van der Waals surface area (Å²) in [6.45, 7) is 2.58. The third-order valence-corrected chi connectivity index (χ3v) is 5.46. The molecule has 4 aromatic rings. The van der Waals surface area contributed by atoms with Crippen molar-refractivity contribution < 1.29 is 4.79 Å². The number of nitrogens with zero attached hydrogens (tertiary/aromatic N) is 3. The van der Waals surface area contributed by atoms with E-state index in [0.717, 1.165) is 22.0 Å². The molecule has 1 N–H and O–H groups in total. The Morgan fingerprint density at radius 2 is 1.82 bits per heavy atom. The largest absolute Gasteiger partial charge is 0.350 e. The maximum absolute atomic E-state index is 13.0. The summed E-state index contributed by atoms with van der Waals surface area (Å²) in [5, 5.41) is 10.7. The molecule has 0 radical (unpaired) electrons. The van der Waals surface area contributed by atoms with Crippen LogP contribution in [0.3, 0.4) is 0 Å². The van der Waals surface area contributed by atoms with Crippen molar-refractivity contribution in [3.05, 3.63) is 89.0 Å². The van der Waals surface area contributed by atoms with Crippen molar-refractivity contribution in [2.24, 2.45) is 0 Å². The molecule has 6 heteroatoms. The number of amides is 1. The monoisotopic (exact) mass is 388 g/mol. The van der Waals surface area contributed by atoms with E-state index in [1.165, 1.54) is 0 Å². The maximum atomic E-state index is 13.0. The molecule has 0 aliphatic rings. The van der Waals surface area contributed by atoms with E-state index in [1.54, 1.807) is 22.2 Å². The van der Waals surface area contributed by atoms with E-state index in [9.17, 15) is 4.79 Å². The molecule has 0 saturated heterocycles. The molecule has 0 bridgehead atoms. The first-order valence-corrected chi connectivity index (χ1v) is 9.99. The third-order valence-electron chi connectivity index (χ3n) is 4.45. The molecule has 0 saturated carbocycles. The lowest BCUT2D eigenvalue weighted by molar-refractivity contribution is 0.0944. The Hall–Kier alpha value is -3.25. The molecule has 1 unspecified atom stereocenters. The number of rotatable bonds is 6. The summed E-state index contributed by atoms with van der Waals surface area (Å²) in [6, 6.07) is 21.4. The molecule has 2 aromatic carbocycles. The highest BCUT2D eigenvalue weighted by Crippen LogP contribution is 2.22. The molecule has 2 heterocycles. The van der Waals surface area contributed by atoms with Gasteiger partial charge in [-0.3, -0.25) is 4.79 Å². The minimum absolute atomic E-state index is 0.151. The maximum Gasteiger partial charge on any atom is 0.270 e. The summed E-state index contributed by atoms with van der Waals surface area (Å²) in [5.74, 6) is 0.00702. The Morgan fingerprint density at radius 3 is 2.50 bits per heavy atom. The first-order chi connectivity index (χ1) is 13.7. The summed E-state index contributed by atoms with van der Waals surface area (Å²) in [5.41, 5.74) is 3.10. The van der Waals surface area contributed by atoms with Gasteiger partial charge in [-0.25, -0.2) is 9.67 Å². The van der Waals surface area contributed by atoms with Crippen LogP contribution in [0.2, 0.25) is 0 Å². The zero-order valence-corrected chi connectivity index (χ0v) is 16.3. The van der Waals surface area contributed by atoms with Crippen LogP contribution < -0.4 is 5.32 Å². The van der Waals surface area contributed by atoms with Gasteiger partial charge in [-0.1, -0.05) is 55.5 Å². The van der Waals surface area contributed by atoms with E-state index in [4.69, 9.17) is 5.10 Å². The minimum Gasteiger partial charge on any atom is -0.350 e. The fraction of sp³-hybridized carbons (Fsp3) is 0.136. The summed E-state index contributed by atoms with van der Waals surface area (Å²) in [7, 11) is 0. The zero-order valence-electron chi connectivity index (χ0n) is 15.4. The highest BCUT2D eigenvalue weighted by atomic mass is 32.1. The Balaban J connectivity index is 1.63. The average Bonchev–Trinajstić information content (AvgIpc) is 3.43. The molecular weight excluding hydrogens is 368 g/mol. The van der Waals surface area contributed by atoms with Crippen molar-refractivity contribution in [1.29, 1.82) is 0 Å². The number of thiazole rings is 1. The summed E-state index contributed by atoms with van der Waals surface area (Å²) >= 11 is 1.60. The minimum atomic E-state index is -0.151. The number of para-hydroxylation sites is 1. The second-order valence-electron chi connectivity index (χ2n) is 6.51. The van der Waals surface area contributed by atoms with Crippen molar-refractivity contribution in [1.82, 2.24) is 20.1 Å². The van der Waals surface area contributed by atoms with Gasteiger partial charge in [0.25, 0.3) is 5.91 Å². The van der Waals surface area contributed by atoms with Gasteiger partial charge < -0.3 is 5.32 Å². The Morgan fingerprint density at radius 1 is 1.11 bits per heavy atom. The number of carbonyl (C=O) groups excluding carboxylic acids is 1. The predicted octanol–water partition coefficient (Wildman–Crippen LogP) is 4.53. The molecule has 2 aromatic heterocycles. The van der Waals surface area contributed by atoms with Crippen LogP contribution in [0.15, 0.2) is 78.3 Å². The molecular formula is C22H20N4OS.